The number of hydrogen-bond donors (Lipinski definition) is 2. The molecule has 2 fully saturated rings. The summed E-state index contributed by atoms with van der Waals surface area (Å²) < 4.78 is 0. The molecule has 0 unspecified atom stereocenters. The van der Waals surface area contributed by atoms with Crippen molar-refractivity contribution in [3.8, 4) is 0 Å². The van der Waals surface area contributed by atoms with E-state index < -0.39 is 0 Å². The zero-order chi connectivity index (χ0) is 14.0. The largest absolute Gasteiger partial charge is 0.356 e. The molecule has 20 heavy (non-hydrogen) atoms. The maximum atomic E-state index is 4.33. The summed E-state index contributed by atoms with van der Waals surface area (Å²) in [5, 5.41) is 6.92. The first kappa shape index (κ1) is 13.5. The van der Waals surface area contributed by atoms with Crippen LogP contribution in [0.25, 0.3) is 0 Å². The van der Waals surface area contributed by atoms with Gasteiger partial charge in [0.05, 0.1) is 0 Å². The summed E-state index contributed by atoms with van der Waals surface area (Å²) in [6, 6.07) is 8.64. The number of hydrogen-bond acceptors (Lipinski definition) is 1. The Bertz CT molecular complexity index is 481. The van der Waals surface area contributed by atoms with Crippen LogP contribution in [0.5, 0.6) is 0 Å². The van der Waals surface area contributed by atoms with Gasteiger partial charge in [-0.3, -0.25) is 4.99 Å². The molecule has 2 aliphatic rings. The summed E-state index contributed by atoms with van der Waals surface area (Å²) in [7, 11) is 1.85. The van der Waals surface area contributed by atoms with Gasteiger partial charge in [-0.1, -0.05) is 29.8 Å². The fourth-order valence-electron chi connectivity index (χ4n) is 2.96. The molecule has 3 nitrogen and oxygen atoms in total. The molecule has 0 aliphatic heterocycles. The summed E-state index contributed by atoms with van der Waals surface area (Å²) in [6.07, 6.45) is 5.69. The van der Waals surface area contributed by atoms with Crippen molar-refractivity contribution in [2.45, 2.75) is 39.2 Å². The third-order valence-corrected chi connectivity index (χ3v) is 4.75. The number of aryl methyl sites for hydroxylation is 1. The van der Waals surface area contributed by atoms with E-state index in [9.17, 15) is 0 Å². The molecule has 0 heterocycles. The lowest BCUT2D eigenvalue weighted by Crippen LogP contribution is -2.40. The van der Waals surface area contributed by atoms with E-state index in [0.29, 0.717) is 5.41 Å². The van der Waals surface area contributed by atoms with E-state index in [0.717, 1.165) is 25.0 Å². The molecule has 1 aromatic carbocycles. The molecule has 108 valence electrons. The Hall–Kier alpha value is -1.51. The van der Waals surface area contributed by atoms with Crippen molar-refractivity contribution < 1.29 is 0 Å². The van der Waals surface area contributed by atoms with Crippen molar-refractivity contribution in [2.75, 3.05) is 13.6 Å². The van der Waals surface area contributed by atoms with E-state index in [-0.39, 0.29) is 0 Å². The van der Waals surface area contributed by atoms with Crippen LogP contribution >= 0.6 is 0 Å². The van der Waals surface area contributed by atoms with Gasteiger partial charge < -0.3 is 10.6 Å². The van der Waals surface area contributed by atoms with Gasteiger partial charge in [-0.25, -0.2) is 0 Å². The Morgan fingerprint density at radius 1 is 1.20 bits per heavy atom. The van der Waals surface area contributed by atoms with E-state index in [1.54, 1.807) is 0 Å². The molecule has 2 saturated carbocycles. The number of benzene rings is 1. The summed E-state index contributed by atoms with van der Waals surface area (Å²) >= 11 is 0. The molecule has 0 bridgehead atoms. The number of nitrogens with one attached hydrogen (secondary N) is 2. The van der Waals surface area contributed by atoms with Gasteiger partial charge in [-0.2, -0.15) is 0 Å². The summed E-state index contributed by atoms with van der Waals surface area (Å²) in [4.78, 5) is 4.33. The lowest BCUT2D eigenvalue weighted by atomic mass is 10.0. The Kier molecular flexibility index (Phi) is 3.68. The molecule has 2 N–H and O–H groups in total. The Morgan fingerprint density at radius 2 is 1.90 bits per heavy atom. The lowest BCUT2D eigenvalue weighted by molar-refractivity contribution is 0.431. The molecular formula is C17H25N3. The van der Waals surface area contributed by atoms with Crippen LogP contribution in [0.2, 0.25) is 0 Å². The van der Waals surface area contributed by atoms with Gasteiger partial charge in [0.1, 0.15) is 0 Å². The normalized spacial score (nSPS) is 20.6. The molecule has 0 radical (unpaired) electrons. The average molecular weight is 271 g/mol. The zero-order valence-electron chi connectivity index (χ0n) is 12.6. The SMILES string of the molecule is CN=C(NCc1ccc(C)cc1)NCC1(C2CC2)CC1. The van der Waals surface area contributed by atoms with Crippen molar-refractivity contribution in [3.05, 3.63) is 35.4 Å². The standard InChI is InChI=1S/C17H25N3/c1-13-3-5-14(6-4-13)11-19-16(18-2)20-12-17(9-10-17)15-7-8-15/h3-6,15H,7-12H2,1-2H3,(H2,18,19,20). The molecule has 3 heteroatoms. The fourth-order valence-corrected chi connectivity index (χ4v) is 2.96. The van der Waals surface area contributed by atoms with Crippen LogP contribution in [-0.4, -0.2) is 19.6 Å². The predicted octanol–water partition coefficient (Wildman–Crippen LogP) is 2.85. The van der Waals surface area contributed by atoms with E-state index in [4.69, 9.17) is 0 Å². The third-order valence-electron chi connectivity index (χ3n) is 4.75. The molecule has 0 saturated heterocycles. The Labute approximate surface area is 121 Å². The molecular weight excluding hydrogens is 246 g/mol. The molecule has 0 atom stereocenters. The van der Waals surface area contributed by atoms with Crippen LogP contribution in [-0.2, 0) is 6.54 Å². The van der Waals surface area contributed by atoms with Gasteiger partial charge in [0.2, 0.25) is 0 Å². The van der Waals surface area contributed by atoms with Crippen molar-refractivity contribution in [3.63, 3.8) is 0 Å². The minimum absolute atomic E-state index is 0.613. The van der Waals surface area contributed by atoms with Crippen molar-refractivity contribution in [1.29, 1.82) is 0 Å². The van der Waals surface area contributed by atoms with Crippen LogP contribution in [0.3, 0.4) is 0 Å². The summed E-state index contributed by atoms with van der Waals surface area (Å²) in [5.74, 6) is 1.92. The van der Waals surface area contributed by atoms with E-state index >= 15 is 0 Å². The van der Waals surface area contributed by atoms with E-state index in [1.807, 2.05) is 7.05 Å². The number of rotatable bonds is 5. The highest BCUT2D eigenvalue weighted by atomic mass is 15.2. The summed E-state index contributed by atoms with van der Waals surface area (Å²) in [6.45, 7) is 4.03. The van der Waals surface area contributed by atoms with Crippen LogP contribution in [0.1, 0.15) is 36.8 Å². The fraction of sp³-hybridized carbons (Fsp3) is 0.588. The monoisotopic (exact) mass is 271 g/mol. The minimum Gasteiger partial charge on any atom is -0.356 e. The Balaban J connectivity index is 1.46. The average Bonchev–Trinajstić information content (AvgIpc) is 3.34. The maximum absolute atomic E-state index is 4.33. The topological polar surface area (TPSA) is 36.4 Å². The van der Waals surface area contributed by atoms with Gasteiger partial charge in [0.15, 0.2) is 5.96 Å². The zero-order valence-corrected chi connectivity index (χ0v) is 12.6. The minimum atomic E-state index is 0.613. The van der Waals surface area contributed by atoms with Crippen LogP contribution in [0, 0.1) is 18.3 Å². The second-order valence-corrected chi connectivity index (χ2v) is 6.40. The second-order valence-electron chi connectivity index (χ2n) is 6.40. The van der Waals surface area contributed by atoms with Gasteiger partial charge in [0, 0.05) is 20.1 Å². The molecule has 0 amide bonds. The van der Waals surface area contributed by atoms with Crippen LogP contribution in [0.15, 0.2) is 29.3 Å². The molecule has 0 aromatic heterocycles. The van der Waals surface area contributed by atoms with Crippen LogP contribution in [0.4, 0.5) is 0 Å². The van der Waals surface area contributed by atoms with E-state index in [1.165, 1.54) is 36.8 Å². The van der Waals surface area contributed by atoms with Crippen molar-refractivity contribution >= 4 is 5.96 Å². The molecule has 1 aromatic rings. The first-order valence-corrected chi connectivity index (χ1v) is 7.72. The van der Waals surface area contributed by atoms with E-state index in [2.05, 4.69) is 46.8 Å². The number of aliphatic imine (C=N–C) groups is 1. The van der Waals surface area contributed by atoms with Gasteiger partial charge in [-0.15, -0.1) is 0 Å². The maximum Gasteiger partial charge on any atom is 0.191 e. The third kappa shape index (κ3) is 3.14. The quantitative estimate of drug-likeness (QED) is 0.638. The molecule has 0 spiro atoms. The van der Waals surface area contributed by atoms with Gasteiger partial charge in [0.25, 0.3) is 0 Å². The second kappa shape index (κ2) is 5.47. The molecule has 2 aliphatic carbocycles. The van der Waals surface area contributed by atoms with Gasteiger partial charge >= 0.3 is 0 Å². The van der Waals surface area contributed by atoms with Crippen molar-refractivity contribution in [2.24, 2.45) is 16.3 Å². The highest BCUT2D eigenvalue weighted by Crippen LogP contribution is 2.60. The van der Waals surface area contributed by atoms with Crippen molar-refractivity contribution in [1.82, 2.24) is 10.6 Å². The number of guanidine groups is 1. The smallest absolute Gasteiger partial charge is 0.191 e. The predicted molar refractivity (Wildman–Crippen MR) is 83.8 cm³/mol. The first-order chi connectivity index (χ1) is 9.72. The highest BCUT2D eigenvalue weighted by molar-refractivity contribution is 5.79. The van der Waals surface area contributed by atoms with Crippen LogP contribution < -0.4 is 10.6 Å². The number of nitrogens with zero attached hydrogens (tertiary/aromatic N) is 1. The van der Waals surface area contributed by atoms with Gasteiger partial charge in [-0.05, 0) is 49.5 Å². The highest BCUT2D eigenvalue weighted by Gasteiger charge is 2.53. The lowest BCUT2D eigenvalue weighted by Gasteiger charge is -2.18. The Morgan fingerprint density at radius 3 is 2.45 bits per heavy atom. The first-order valence-electron chi connectivity index (χ1n) is 7.72. The molecule has 3 rings (SSSR count). The summed E-state index contributed by atoms with van der Waals surface area (Å²) in [5.41, 5.74) is 3.21.